The van der Waals surface area contributed by atoms with E-state index in [1.165, 1.54) is 0 Å². The van der Waals surface area contributed by atoms with Crippen molar-refractivity contribution in [2.24, 2.45) is 0 Å². The van der Waals surface area contributed by atoms with Crippen LogP contribution in [0.15, 0.2) is 0 Å². The number of halogens is 6. The maximum Gasteiger partial charge on any atom is 1.00 e. The molecule has 0 spiro atoms. The zero-order chi connectivity index (χ0) is 8.21. The zero-order valence-corrected chi connectivity index (χ0v) is 7.18. The van der Waals surface area contributed by atoms with Crippen molar-refractivity contribution in [2.75, 3.05) is 0 Å². The van der Waals surface area contributed by atoms with Crippen molar-refractivity contribution >= 4 is 0 Å². The Morgan fingerprint density at radius 1 is 1.09 bits per heavy atom. The first kappa shape index (κ1) is 11.5. The van der Waals surface area contributed by atoms with Gasteiger partial charge in [0.2, 0.25) is 0 Å². The summed E-state index contributed by atoms with van der Waals surface area (Å²) in [5, 5.41) is 0. The van der Waals surface area contributed by atoms with Crippen molar-refractivity contribution in [2.45, 2.75) is 18.1 Å². The molecule has 62 valence electrons. The second kappa shape index (κ2) is 2.51. The molecule has 0 aromatic heterocycles. The van der Waals surface area contributed by atoms with Gasteiger partial charge in [-0.15, -0.1) is 0 Å². The van der Waals surface area contributed by atoms with Gasteiger partial charge in [-0.3, -0.25) is 4.74 Å². The van der Waals surface area contributed by atoms with E-state index in [1.807, 2.05) is 0 Å². The van der Waals surface area contributed by atoms with Gasteiger partial charge in [-0.1, -0.05) is 0 Å². The van der Waals surface area contributed by atoms with Crippen LogP contribution in [0.3, 0.4) is 0 Å². The minimum absolute atomic E-state index is 0. The Morgan fingerprint density at radius 3 is 1.36 bits per heavy atom. The third-order valence-electron chi connectivity index (χ3n) is 0.966. The quantitative estimate of drug-likeness (QED) is 0.270. The van der Waals surface area contributed by atoms with Crippen molar-refractivity contribution in [3.05, 3.63) is 0 Å². The van der Waals surface area contributed by atoms with Crippen LogP contribution in [0.4, 0.5) is 26.3 Å². The fourth-order valence-electron chi connectivity index (χ4n) is 0.374. The predicted molar refractivity (Wildman–Crippen MR) is 17.0 cm³/mol. The Bertz CT molecular complexity index is 171. The fraction of sp³-hybridized carbons (Fsp3) is 1.00. The second-order valence-electron chi connectivity index (χ2n) is 1.71. The number of hydrogen-bond acceptors (Lipinski definition) is 1. The van der Waals surface area contributed by atoms with Crippen LogP contribution in [0, 0.1) is 0 Å². The van der Waals surface area contributed by atoms with Crippen LogP contribution >= 0.6 is 0 Å². The molecule has 8 heteroatoms. The van der Waals surface area contributed by atoms with Crippen LogP contribution in [0.5, 0.6) is 0 Å². The molecule has 1 atom stereocenters. The third kappa shape index (κ3) is 1.51. The van der Waals surface area contributed by atoms with Gasteiger partial charge >= 0.3 is 47.7 Å². The van der Waals surface area contributed by atoms with Crippen LogP contribution in [-0.4, -0.2) is 18.1 Å². The van der Waals surface area contributed by atoms with E-state index < -0.39 is 18.1 Å². The molecule has 1 rings (SSSR count). The van der Waals surface area contributed by atoms with Gasteiger partial charge in [-0.25, -0.2) is 0 Å². The molecule has 1 saturated heterocycles. The average Bonchev–Trinajstić information content (AvgIpc) is 2.05. The van der Waals surface area contributed by atoms with Crippen molar-refractivity contribution in [3.63, 3.8) is 0 Å². The molecule has 0 saturated carbocycles. The summed E-state index contributed by atoms with van der Waals surface area (Å²) in [5.41, 5.74) is 0. The molecule has 0 N–H and O–H groups in total. The smallest absolute Gasteiger partial charge is 1.00 e. The molecule has 0 amide bonds. The molecular weight excluding hydrogens is 189 g/mol. The molecule has 11 heavy (non-hydrogen) atoms. The van der Waals surface area contributed by atoms with Gasteiger partial charge in [0, 0.05) is 0 Å². The summed E-state index contributed by atoms with van der Waals surface area (Å²) >= 11 is 0. The summed E-state index contributed by atoms with van der Waals surface area (Å²) in [6.45, 7) is 0. The molecule has 1 nitrogen and oxygen atoms in total. The molecule has 0 aliphatic carbocycles. The second-order valence-corrected chi connectivity index (χ2v) is 1.71. The normalized spacial score (nSPS) is 34.4. The number of alkyl halides is 6. The van der Waals surface area contributed by atoms with Crippen molar-refractivity contribution in [1.82, 2.24) is 0 Å². The van der Waals surface area contributed by atoms with E-state index in [1.54, 1.807) is 0 Å². The average molecular weight is 190 g/mol. The molecule has 1 aliphatic heterocycles. The minimum atomic E-state index is -5.66. The summed E-state index contributed by atoms with van der Waals surface area (Å²) in [7, 11) is 0. The first-order valence-corrected chi connectivity index (χ1v) is 2.04. The summed E-state index contributed by atoms with van der Waals surface area (Å²) in [5.74, 6) is -4.75. The first-order chi connectivity index (χ1) is 4.21. The van der Waals surface area contributed by atoms with Crippen molar-refractivity contribution < 1.29 is 62.1 Å². The van der Waals surface area contributed by atoms with Gasteiger partial charge in [0.1, 0.15) is 0 Å². The largest absolute Gasteiger partial charge is 1.00 e. The Labute approximate surface area is 80.5 Å². The number of rotatable bonds is 0. The predicted octanol–water partition coefficient (Wildman–Crippen LogP) is -1.05. The summed E-state index contributed by atoms with van der Waals surface area (Å²) in [4.78, 5) is 0. The van der Waals surface area contributed by atoms with Crippen LogP contribution in [0.25, 0.3) is 0 Å². The summed E-state index contributed by atoms with van der Waals surface area (Å²) in [6, 6.07) is 0. The third-order valence-corrected chi connectivity index (χ3v) is 0.966. The van der Waals surface area contributed by atoms with E-state index >= 15 is 0 Å². The summed E-state index contributed by atoms with van der Waals surface area (Å²) in [6.07, 6.45) is -10.4. The molecule has 1 fully saturated rings. The molecule has 0 bridgehead atoms. The van der Waals surface area contributed by atoms with Gasteiger partial charge in [0.25, 0.3) is 0 Å². The topological polar surface area (TPSA) is 12.5 Å². The van der Waals surface area contributed by atoms with Gasteiger partial charge < -0.3 is 1.43 Å². The van der Waals surface area contributed by atoms with E-state index in [-0.39, 0.29) is 31.0 Å². The van der Waals surface area contributed by atoms with Gasteiger partial charge in [0.15, 0.2) is 0 Å². The molecule has 1 heterocycles. The molecular formula is C3HF6NaO. The van der Waals surface area contributed by atoms with Gasteiger partial charge in [0.05, 0.1) is 0 Å². The monoisotopic (exact) mass is 190 g/mol. The Balaban J connectivity index is 0. The van der Waals surface area contributed by atoms with Crippen LogP contribution in [-0.2, 0) is 4.74 Å². The van der Waals surface area contributed by atoms with Crippen molar-refractivity contribution in [3.8, 4) is 0 Å². The fourth-order valence-corrected chi connectivity index (χ4v) is 0.374. The molecule has 0 aromatic carbocycles. The van der Waals surface area contributed by atoms with E-state index in [2.05, 4.69) is 4.74 Å². The Morgan fingerprint density at radius 2 is 1.36 bits per heavy atom. The standard InChI is InChI=1S/C3F6O.Na.H/c4-1(2(5,6)7)3(8,9)10-1;;/q;+1;-1. The maximum atomic E-state index is 11.7. The first-order valence-electron chi connectivity index (χ1n) is 2.04. The minimum Gasteiger partial charge on any atom is -1.00 e. The van der Waals surface area contributed by atoms with E-state index in [9.17, 15) is 26.3 Å². The number of ether oxygens (including phenoxy) is 1. The van der Waals surface area contributed by atoms with Crippen LogP contribution in [0.1, 0.15) is 1.43 Å². The van der Waals surface area contributed by atoms with Crippen molar-refractivity contribution in [1.29, 1.82) is 0 Å². The zero-order valence-electron chi connectivity index (χ0n) is 6.18. The van der Waals surface area contributed by atoms with Crippen LogP contribution < -0.4 is 29.6 Å². The van der Waals surface area contributed by atoms with Crippen LogP contribution in [0.2, 0.25) is 0 Å². The SMILES string of the molecule is FC(F)(F)C1(F)OC1(F)F.[H-].[Na+]. The molecule has 0 radical (unpaired) electrons. The molecule has 1 unspecified atom stereocenters. The van der Waals surface area contributed by atoms with E-state index in [4.69, 9.17) is 0 Å². The number of epoxide rings is 1. The van der Waals surface area contributed by atoms with Gasteiger partial charge in [-0.2, -0.15) is 26.3 Å². The number of hydrogen-bond donors (Lipinski definition) is 0. The Kier molecular flexibility index (Phi) is 2.64. The van der Waals surface area contributed by atoms with E-state index in [0.29, 0.717) is 0 Å². The Hall–Kier alpha value is 0.540. The molecule has 1 aliphatic rings. The van der Waals surface area contributed by atoms with Gasteiger partial charge in [-0.05, 0) is 0 Å². The maximum absolute atomic E-state index is 11.7. The van der Waals surface area contributed by atoms with E-state index in [0.717, 1.165) is 0 Å². The summed E-state index contributed by atoms with van der Waals surface area (Å²) < 4.78 is 70.4. The molecule has 0 aromatic rings.